The zero-order chi connectivity index (χ0) is 24.1. The predicted molar refractivity (Wildman–Crippen MR) is 115 cm³/mol. The molecule has 2 aromatic rings. The molecule has 0 aliphatic heterocycles. The molecule has 0 bridgehead atoms. The van der Waals surface area contributed by atoms with Crippen LogP contribution in [0, 0.1) is 0 Å². The van der Waals surface area contributed by atoms with E-state index in [0.717, 1.165) is 0 Å². The van der Waals surface area contributed by atoms with E-state index in [-0.39, 0.29) is 47.0 Å². The lowest BCUT2D eigenvalue weighted by Crippen LogP contribution is -2.28. The van der Waals surface area contributed by atoms with Gasteiger partial charge in [0.1, 0.15) is 5.76 Å². The van der Waals surface area contributed by atoms with Gasteiger partial charge in [0.25, 0.3) is 0 Å². The normalized spacial score (nSPS) is 13.8. The maximum absolute atomic E-state index is 13.0. The molecular formula is C24H22O9. The van der Waals surface area contributed by atoms with E-state index in [1.54, 1.807) is 18.2 Å². The van der Waals surface area contributed by atoms with Crippen LogP contribution in [0.1, 0.15) is 33.8 Å². The first-order valence-corrected chi connectivity index (χ1v) is 9.88. The van der Waals surface area contributed by atoms with Crippen molar-refractivity contribution in [3.63, 3.8) is 0 Å². The maximum atomic E-state index is 13.0. The molecule has 0 spiro atoms. The number of rotatable bonds is 8. The number of esters is 2. The van der Waals surface area contributed by atoms with E-state index < -0.39 is 29.4 Å². The molecule has 0 saturated carbocycles. The predicted octanol–water partition coefficient (Wildman–Crippen LogP) is 2.63. The van der Waals surface area contributed by atoms with E-state index in [2.05, 4.69) is 4.74 Å². The van der Waals surface area contributed by atoms with Gasteiger partial charge in [0, 0.05) is 17.0 Å². The Balaban J connectivity index is 2.11. The van der Waals surface area contributed by atoms with E-state index in [9.17, 15) is 24.3 Å². The number of hydrogen-bond donors (Lipinski definition) is 1. The Morgan fingerprint density at radius 2 is 1.55 bits per heavy atom. The standard InChI is InChI=1S/C24H22O9/c1-30-18-10-13(8-9-17(18)33-12-20(26)32-3)16(11-19(25)31-2)21-22(27)14-6-4-5-7-15(14)23(28)24(21)29/h4-10,16,27H,11-12H2,1-3H3/t16-/m1/s1. The number of aliphatic hydroxyl groups is 1. The summed E-state index contributed by atoms with van der Waals surface area (Å²) >= 11 is 0. The largest absolute Gasteiger partial charge is 0.507 e. The molecule has 1 atom stereocenters. The topological polar surface area (TPSA) is 125 Å². The second-order valence-corrected chi connectivity index (χ2v) is 7.07. The highest BCUT2D eigenvalue weighted by atomic mass is 16.6. The minimum absolute atomic E-state index is 0.0877. The fraction of sp³-hybridized carbons (Fsp3) is 0.250. The molecule has 9 nitrogen and oxygen atoms in total. The van der Waals surface area contributed by atoms with Crippen LogP contribution < -0.4 is 9.47 Å². The summed E-state index contributed by atoms with van der Waals surface area (Å²) in [6.45, 7) is -0.354. The number of Topliss-reactive ketones (excluding diaryl/α,β-unsaturated/α-hetero) is 2. The molecule has 0 saturated heterocycles. The average Bonchev–Trinajstić information content (AvgIpc) is 2.85. The zero-order valence-electron chi connectivity index (χ0n) is 18.2. The van der Waals surface area contributed by atoms with Crippen molar-refractivity contribution in [2.45, 2.75) is 12.3 Å². The molecule has 0 unspecified atom stereocenters. The number of methoxy groups -OCH3 is 3. The van der Waals surface area contributed by atoms with Crippen molar-refractivity contribution in [1.82, 2.24) is 0 Å². The van der Waals surface area contributed by atoms with E-state index in [4.69, 9.17) is 14.2 Å². The third kappa shape index (κ3) is 4.72. The molecule has 2 aromatic carbocycles. The number of carbonyl (C=O) groups is 4. The lowest BCUT2D eigenvalue weighted by molar-refractivity contribution is -0.143. The van der Waals surface area contributed by atoms with Gasteiger partial charge >= 0.3 is 11.9 Å². The smallest absolute Gasteiger partial charge is 0.343 e. The van der Waals surface area contributed by atoms with Gasteiger partial charge in [-0.25, -0.2) is 4.79 Å². The van der Waals surface area contributed by atoms with Crippen molar-refractivity contribution in [3.8, 4) is 11.5 Å². The summed E-state index contributed by atoms with van der Waals surface area (Å²) in [5, 5.41) is 10.9. The summed E-state index contributed by atoms with van der Waals surface area (Å²) in [7, 11) is 3.80. The molecule has 0 heterocycles. The summed E-state index contributed by atoms with van der Waals surface area (Å²) in [4.78, 5) is 49.3. The van der Waals surface area contributed by atoms with Crippen LogP contribution in [0.3, 0.4) is 0 Å². The number of ketones is 2. The number of aliphatic hydroxyl groups excluding tert-OH is 1. The fourth-order valence-electron chi connectivity index (χ4n) is 3.56. The number of hydrogen-bond acceptors (Lipinski definition) is 9. The van der Waals surface area contributed by atoms with E-state index >= 15 is 0 Å². The Bertz CT molecular complexity index is 1150. The Labute approximate surface area is 189 Å². The maximum Gasteiger partial charge on any atom is 0.343 e. The number of ether oxygens (including phenoxy) is 4. The summed E-state index contributed by atoms with van der Waals surface area (Å²) < 4.78 is 20.0. The van der Waals surface area contributed by atoms with Crippen LogP contribution in [-0.4, -0.2) is 56.5 Å². The van der Waals surface area contributed by atoms with Crippen LogP contribution in [0.5, 0.6) is 11.5 Å². The van der Waals surface area contributed by atoms with Crippen LogP contribution in [0.4, 0.5) is 0 Å². The van der Waals surface area contributed by atoms with Crippen molar-refractivity contribution in [1.29, 1.82) is 0 Å². The monoisotopic (exact) mass is 454 g/mol. The third-order valence-corrected chi connectivity index (χ3v) is 5.24. The number of fused-ring (bicyclic) bond motifs is 1. The Morgan fingerprint density at radius 3 is 2.18 bits per heavy atom. The summed E-state index contributed by atoms with van der Waals surface area (Å²) in [5.41, 5.74) is 0.473. The quantitative estimate of drug-likeness (QED) is 0.473. The molecule has 1 aliphatic carbocycles. The number of allylic oxidation sites excluding steroid dienone is 1. The van der Waals surface area contributed by atoms with Gasteiger partial charge in [0.15, 0.2) is 18.1 Å². The second kappa shape index (κ2) is 9.99. The molecule has 3 rings (SSSR count). The molecule has 33 heavy (non-hydrogen) atoms. The first kappa shape index (κ1) is 23.5. The molecule has 172 valence electrons. The number of carbonyl (C=O) groups excluding carboxylic acids is 4. The summed E-state index contributed by atoms with van der Waals surface area (Å²) in [5.74, 6) is -3.89. The molecule has 1 N–H and O–H groups in total. The van der Waals surface area contributed by atoms with Gasteiger partial charge in [0.05, 0.1) is 33.3 Å². The number of benzene rings is 2. The van der Waals surface area contributed by atoms with Gasteiger partial charge in [-0.1, -0.05) is 30.3 Å². The highest BCUT2D eigenvalue weighted by Gasteiger charge is 2.38. The van der Waals surface area contributed by atoms with Gasteiger partial charge in [-0.3, -0.25) is 14.4 Å². The van der Waals surface area contributed by atoms with Gasteiger partial charge in [-0.15, -0.1) is 0 Å². The van der Waals surface area contributed by atoms with Crippen molar-refractivity contribution < 1.29 is 43.2 Å². The zero-order valence-corrected chi connectivity index (χ0v) is 18.2. The SMILES string of the molecule is COC(=O)COc1ccc([C@@H](CC(=O)OC)C2=C(O)c3ccccc3C(=O)C2=O)cc1OC. The van der Waals surface area contributed by atoms with Crippen LogP contribution >= 0.6 is 0 Å². The van der Waals surface area contributed by atoms with Crippen LogP contribution in [-0.2, 0) is 23.9 Å². The van der Waals surface area contributed by atoms with Crippen molar-refractivity contribution in [2.24, 2.45) is 0 Å². The summed E-state index contributed by atoms with van der Waals surface area (Å²) in [6, 6.07) is 10.7. The Morgan fingerprint density at radius 1 is 0.879 bits per heavy atom. The minimum atomic E-state index is -1.01. The van der Waals surface area contributed by atoms with E-state index in [1.807, 2.05) is 0 Å². The third-order valence-electron chi connectivity index (χ3n) is 5.24. The average molecular weight is 454 g/mol. The molecule has 0 amide bonds. The van der Waals surface area contributed by atoms with Crippen LogP contribution in [0.2, 0.25) is 0 Å². The van der Waals surface area contributed by atoms with Crippen molar-refractivity contribution in [3.05, 3.63) is 64.7 Å². The second-order valence-electron chi connectivity index (χ2n) is 7.07. The Hall–Kier alpha value is -4.14. The first-order valence-electron chi connectivity index (χ1n) is 9.88. The van der Waals surface area contributed by atoms with Gasteiger partial charge in [-0.05, 0) is 17.7 Å². The molecule has 1 aliphatic rings. The van der Waals surface area contributed by atoms with Crippen molar-refractivity contribution >= 4 is 29.3 Å². The molecule has 0 radical (unpaired) electrons. The van der Waals surface area contributed by atoms with Crippen LogP contribution in [0.25, 0.3) is 5.76 Å². The van der Waals surface area contributed by atoms with E-state index in [1.165, 1.54) is 45.6 Å². The first-order chi connectivity index (χ1) is 15.8. The molecule has 9 heteroatoms. The molecule has 0 aromatic heterocycles. The highest BCUT2D eigenvalue weighted by molar-refractivity contribution is 6.52. The minimum Gasteiger partial charge on any atom is -0.507 e. The van der Waals surface area contributed by atoms with Crippen LogP contribution in [0.15, 0.2) is 48.0 Å². The van der Waals surface area contributed by atoms with Gasteiger partial charge < -0.3 is 24.1 Å². The molecular weight excluding hydrogens is 432 g/mol. The highest BCUT2D eigenvalue weighted by Crippen LogP contribution is 2.40. The summed E-state index contributed by atoms with van der Waals surface area (Å²) in [6.07, 6.45) is -0.317. The van der Waals surface area contributed by atoms with Crippen molar-refractivity contribution in [2.75, 3.05) is 27.9 Å². The van der Waals surface area contributed by atoms with E-state index in [0.29, 0.717) is 5.56 Å². The van der Waals surface area contributed by atoms with Gasteiger partial charge in [-0.2, -0.15) is 0 Å². The lowest BCUT2D eigenvalue weighted by atomic mass is 9.78. The molecule has 0 fully saturated rings. The Kier molecular flexibility index (Phi) is 7.12. The van der Waals surface area contributed by atoms with Gasteiger partial charge in [0.2, 0.25) is 11.6 Å². The lowest BCUT2D eigenvalue weighted by Gasteiger charge is -2.25. The fourth-order valence-corrected chi connectivity index (χ4v) is 3.56.